The molecule has 0 saturated carbocycles. The van der Waals surface area contributed by atoms with Gasteiger partial charge in [-0.05, 0) is 233 Å². The lowest BCUT2D eigenvalue weighted by Crippen LogP contribution is -2.38. The van der Waals surface area contributed by atoms with E-state index >= 15 is 0 Å². The summed E-state index contributed by atoms with van der Waals surface area (Å²) in [6.07, 6.45) is 67.0. The van der Waals surface area contributed by atoms with Gasteiger partial charge in [-0.1, -0.05) is 173 Å². The monoisotopic (exact) mass is 1750 g/mol. The number of allylic oxidation sites excluding steroid dienone is 18. The minimum Gasteiger partial charge on any atom is -0.458 e. The summed E-state index contributed by atoms with van der Waals surface area (Å²) in [6, 6.07) is 0. The third-order valence-electron chi connectivity index (χ3n) is 23.0. The van der Waals surface area contributed by atoms with Gasteiger partial charge >= 0.3 is 54.8 Å². The first-order valence-corrected chi connectivity index (χ1v) is 44.8. The van der Waals surface area contributed by atoms with E-state index in [9.17, 15) is 14.4 Å². The van der Waals surface area contributed by atoms with Crippen molar-refractivity contribution < 1.29 is 124 Å². The second-order valence-electron chi connectivity index (χ2n) is 33.3. The maximum atomic E-state index is 13.0. The lowest BCUT2D eigenvalue weighted by atomic mass is 9.89. The first-order chi connectivity index (χ1) is 60.1. The van der Waals surface area contributed by atoms with Crippen LogP contribution in [0.1, 0.15) is 290 Å². The van der Waals surface area contributed by atoms with Crippen molar-refractivity contribution in [1.29, 1.82) is 0 Å². The van der Waals surface area contributed by atoms with Crippen LogP contribution in [0.2, 0.25) is 0 Å². The summed E-state index contributed by atoms with van der Waals surface area (Å²) in [6.45, 7) is 31.0. The zero-order chi connectivity index (χ0) is 93.1. The number of fused-ring (bicyclic) bond motifs is 12. The first-order valence-electron chi connectivity index (χ1n) is 44.8. The van der Waals surface area contributed by atoms with E-state index in [1.165, 1.54) is 59.1 Å². The Morgan fingerprint density at radius 3 is 0.992 bits per heavy atom. The number of esters is 3. The van der Waals surface area contributed by atoms with Crippen LogP contribution >= 0.6 is 0 Å². The Labute approximate surface area is 742 Å². The van der Waals surface area contributed by atoms with Gasteiger partial charge in [0.2, 0.25) is 0 Å². The van der Waals surface area contributed by atoms with Crippen molar-refractivity contribution >= 4 is 54.8 Å². The molecule has 9 fully saturated rings. The second-order valence-corrected chi connectivity index (χ2v) is 33.3. The fourth-order valence-electron chi connectivity index (χ4n) is 16.2. The van der Waals surface area contributed by atoms with Crippen molar-refractivity contribution in [1.82, 2.24) is 0 Å². The molecule has 0 amide bonds. The van der Waals surface area contributed by atoms with Gasteiger partial charge in [-0.15, -0.1) is 0 Å². The molecule has 9 rings (SSSR count). The zero-order valence-corrected chi connectivity index (χ0v) is 76.7. The molecule has 0 aromatic rings. The summed E-state index contributed by atoms with van der Waals surface area (Å²) in [7, 11) is 0. The van der Waals surface area contributed by atoms with Crippen molar-refractivity contribution in [2.24, 2.45) is 17.8 Å². The molecule has 20 atom stereocenters. The third-order valence-corrected chi connectivity index (χ3v) is 23.0. The Balaban J connectivity index is 0.000000852. The van der Waals surface area contributed by atoms with Gasteiger partial charge in [0, 0.05) is 31.8 Å². The molecule has 0 N–H and O–H groups in total. The molecule has 0 aromatic heterocycles. The fourth-order valence-corrected chi connectivity index (χ4v) is 16.2. The average Bonchev–Trinajstić information content (AvgIpc) is 0.845. The van der Waals surface area contributed by atoms with E-state index in [1.807, 2.05) is 73.8 Å². The van der Waals surface area contributed by atoms with Gasteiger partial charge in [-0.3, -0.25) is 14.4 Å². The number of cyclic esters (lactones) is 3. The standard InChI is InChI=1S/2C31H48O5.C31H48O4.6CO2/c1-6-22(3)12-9-8-10-15-30-23(4)21-33-24(5)16-26-13-11-14-27(34-26)19-28-17-25(7-2)18-29(35-28)20-31(32)36-30;1-6-22(3)12-9-8-10-15-30-24(5)33-21-23(4)16-26-13-11-14-27(34-26)19-28-17-25(7-2)18-29(35-28)20-31(32)36-30;1-5-23(3)12-8-7-9-14-26-15-10-13-24(4)18-27-16-11-17-28(33-27)21-29-19-25(6-2)20-30(34-29)22-31(32)35-26;6*2-1-3/h2*7-10,12,15,23-24,26-30H,6,11,13-14,16-21H2,1-5H3;6-9,12,14,24,26-30H,5,10-11,13,15-22H2,1-4H3;;;;;;/b2*9-8-,15-10+,22-12+,25-7-;8-7-,14-9+,23-12+,25-6?;;;;;;. The SMILES string of the molecule is C/C=C1\CC2CC(=O)OC(/C=C/C=C\C=C(/C)CC)C(C)COC(C)CC3CCCC(CC(C1)O2)O3.C/C=C1\CC2CC(=O)OC(/C=C/C=C\C=C(/C)CC)C(C)OCC(C)CC3CCCC(CC(C1)O2)O3.CC=C1CC2CC(=O)OC(/C=C/C=C\C=C(/C)CC)CCCC(C)CC3CCCC(CC(C1)O2)O3.O=C=O.O=C=O.O=C=O.O=C=O.O=C=O.O=C=O. The number of hydrogen-bond donors (Lipinski definition) is 0. The van der Waals surface area contributed by atoms with Crippen LogP contribution in [0.25, 0.3) is 0 Å². The minimum atomic E-state index is -0.450. The molecule has 0 spiro atoms. The van der Waals surface area contributed by atoms with Gasteiger partial charge < -0.3 is 52.1 Å². The molecule has 0 aromatic carbocycles. The van der Waals surface area contributed by atoms with E-state index in [-0.39, 0.29) is 165 Å². The van der Waals surface area contributed by atoms with Crippen molar-refractivity contribution in [2.45, 2.75) is 393 Å². The highest BCUT2D eigenvalue weighted by atomic mass is 16.6. The van der Waals surface area contributed by atoms with Gasteiger partial charge in [-0.25, -0.2) is 0 Å². The molecular weight excluding hydrogens is 1610 g/mol. The smallest absolute Gasteiger partial charge is 0.373 e. The summed E-state index contributed by atoms with van der Waals surface area (Å²) < 4.78 is 69.2. The molecule has 0 aliphatic carbocycles. The van der Waals surface area contributed by atoms with Gasteiger partial charge in [-0.2, -0.15) is 57.5 Å². The van der Waals surface area contributed by atoms with E-state index in [0.717, 1.165) is 148 Å². The largest absolute Gasteiger partial charge is 0.458 e. The quantitative estimate of drug-likeness (QED) is 0.0758. The lowest BCUT2D eigenvalue weighted by Gasteiger charge is -2.37. The second kappa shape index (κ2) is 71.3. The summed E-state index contributed by atoms with van der Waals surface area (Å²) in [5, 5.41) is 0. The molecule has 9 heterocycles. The minimum absolute atomic E-state index is 0.0352. The number of carbonyl (C=O) groups is 3. The van der Waals surface area contributed by atoms with Crippen LogP contribution in [0.15, 0.2) is 143 Å². The molecule has 125 heavy (non-hydrogen) atoms. The van der Waals surface area contributed by atoms with E-state index in [2.05, 4.69) is 133 Å². The maximum Gasteiger partial charge on any atom is 0.373 e. The van der Waals surface area contributed by atoms with E-state index < -0.39 is 6.10 Å². The van der Waals surface area contributed by atoms with E-state index in [1.54, 1.807) is 0 Å². The highest BCUT2D eigenvalue weighted by Crippen LogP contribution is 2.38. The van der Waals surface area contributed by atoms with Gasteiger partial charge in [0.05, 0.1) is 111 Å². The Morgan fingerprint density at radius 1 is 0.320 bits per heavy atom. The molecule has 26 heteroatoms. The van der Waals surface area contributed by atoms with Crippen molar-refractivity contribution in [2.75, 3.05) is 13.2 Å². The average molecular weight is 1750 g/mol. The molecule has 696 valence electrons. The third kappa shape index (κ3) is 54.1. The predicted octanol–water partition coefficient (Wildman–Crippen LogP) is 18.3. The predicted molar refractivity (Wildman–Crippen MR) is 463 cm³/mol. The Morgan fingerprint density at radius 2 is 0.624 bits per heavy atom. The first kappa shape index (κ1) is 114. The lowest BCUT2D eigenvalue weighted by molar-refractivity contribution is -0.193. The number of carbonyl (C=O) groups excluding carboxylic acids is 15. The van der Waals surface area contributed by atoms with Crippen LogP contribution in [0.3, 0.4) is 0 Å². The molecular formula is C99H144O26. The molecule has 20 unspecified atom stereocenters. The number of hydrogen-bond acceptors (Lipinski definition) is 26. The number of rotatable bonds is 12. The Bertz CT molecular complexity index is 3440. The van der Waals surface area contributed by atoms with Crippen LogP contribution in [0.5, 0.6) is 0 Å². The molecule has 9 saturated heterocycles. The topological polar surface area (TPSA) is 358 Å². The van der Waals surface area contributed by atoms with E-state index in [4.69, 9.17) is 110 Å². The number of ether oxygens (including phenoxy) is 11. The Kier molecular flexibility index (Phi) is 65.2. The zero-order valence-electron chi connectivity index (χ0n) is 76.7. The van der Waals surface area contributed by atoms with Crippen LogP contribution in [-0.2, 0) is 124 Å². The summed E-state index contributed by atoms with van der Waals surface area (Å²) in [4.78, 5) is 136. The highest BCUT2D eigenvalue weighted by Gasteiger charge is 2.38. The van der Waals surface area contributed by atoms with Crippen LogP contribution in [0.4, 0.5) is 0 Å². The Hall–Kier alpha value is -8.75. The van der Waals surface area contributed by atoms with Gasteiger partial charge in [0.15, 0.2) is 0 Å². The van der Waals surface area contributed by atoms with Crippen molar-refractivity contribution in [3.05, 3.63) is 143 Å². The summed E-state index contributed by atoms with van der Waals surface area (Å²) in [5.41, 5.74) is 8.11. The van der Waals surface area contributed by atoms with Gasteiger partial charge in [0.1, 0.15) is 18.3 Å². The fraction of sp³-hybridized carbons (Fsp3) is 0.667. The van der Waals surface area contributed by atoms with Crippen molar-refractivity contribution in [3.63, 3.8) is 0 Å². The molecule has 12 bridgehead atoms. The molecule has 9 aliphatic rings. The van der Waals surface area contributed by atoms with Gasteiger partial charge in [0.25, 0.3) is 0 Å². The molecule has 9 aliphatic heterocycles. The van der Waals surface area contributed by atoms with E-state index in [0.29, 0.717) is 37.6 Å². The van der Waals surface area contributed by atoms with Crippen LogP contribution < -0.4 is 0 Å². The maximum absolute atomic E-state index is 13.0. The normalized spacial score (nSPS) is 31.6. The molecule has 26 nitrogen and oxygen atoms in total. The summed E-state index contributed by atoms with van der Waals surface area (Å²) in [5.74, 6) is 0.419. The van der Waals surface area contributed by atoms with Crippen LogP contribution in [0, 0.1) is 17.8 Å². The highest BCUT2D eigenvalue weighted by molar-refractivity contribution is 5.71. The summed E-state index contributed by atoms with van der Waals surface area (Å²) >= 11 is 0. The van der Waals surface area contributed by atoms with Crippen LogP contribution in [-0.4, -0.2) is 172 Å². The molecule has 0 radical (unpaired) electrons. The van der Waals surface area contributed by atoms with Crippen molar-refractivity contribution in [3.8, 4) is 0 Å².